The number of carbonyl (C=O) groups excluding carboxylic acids is 1. The zero-order valence-electron chi connectivity index (χ0n) is 16.2. The third-order valence-corrected chi connectivity index (χ3v) is 6.11. The Bertz CT molecular complexity index is 1100. The molecule has 3 aromatic carbocycles. The summed E-state index contributed by atoms with van der Waals surface area (Å²) in [5.41, 5.74) is 1.39. The lowest BCUT2D eigenvalue weighted by molar-refractivity contribution is -0.114. The molecular formula is C22H20F2N2O3S. The highest BCUT2D eigenvalue weighted by atomic mass is 32.2. The largest absolute Gasteiger partial charge is 0.326 e. The number of amides is 1. The van der Waals surface area contributed by atoms with Gasteiger partial charge in [-0.05, 0) is 59.7 Å². The Morgan fingerprint density at radius 2 is 1.37 bits per heavy atom. The Labute approximate surface area is 174 Å². The normalized spacial score (nSPS) is 11.5. The van der Waals surface area contributed by atoms with Crippen molar-refractivity contribution >= 4 is 21.6 Å². The first-order valence-electron chi connectivity index (χ1n) is 9.11. The van der Waals surface area contributed by atoms with Crippen LogP contribution in [0.2, 0.25) is 0 Å². The quantitative estimate of drug-likeness (QED) is 0.607. The van der Waals surface area contributed by atoms with Crippen LogP contribution in [0.1, 0.15) is 18.1 Å². The van der Waals surface area contributed by atoms with Crippen LogP contribution in [0.15, 0.2) is 77.7 Å². The van der Waals surface area contributed by atoms with E-state index in [0.29, 0.717) is 16.8 Å². The van der Waals surface area contributed by atoms with E-state index < -0.39 is 21.7 Å². The van der Waals surface area contributed by atoms with Gasteiger partial charge in [0.1, 0.15) is 11.6 Å². The molecule has 0 radical (unpaired) electrons. The molecule has 0 aromatic heterocycles. The van der Waals surface area contributed by atoms with Gasteiger partial charge in [-0.1, -0.05) is 24.3 Å². The van der Waals surface area contributed by atoms with Gasteiger partial charge in [-0.2, -0.15) is 4.31 Å². The molecule has 8 heteroatoms. The lowest BCUT2D eigenvalue weighted by Crippen LogP contribution is -2.30. The molecule has 0 unspecified atom stereocenters. The second-order valence-corrected chi connectivity index (χ2v) is 8.68. The van der Waals surface area contributed by atoms with Crippen molar-refractivity contribution < 1.29 is 22.0 Å². The average molecular weight is 430 g/mol. The van der Waals surface area contributed by atoms with Gasteiger partial charge in [0.15, 0.2) is 0 Å². The molecule has 0 saturated heterocycles. The van der Waals surface area contributed by atoms with Gasteiger partial charge in [-0.25, -0.2) is 17.2 Å². The number of hydrogen-bond donors (Lipinski definition) is 1. The highest BCUT2D eigenvalue weighted by Crippen LogP contribution is 2.23. The van der Waals surface area contributed by atoms with Gasteiger partial charge in [-0.15, -0.1) is 0 Å². The molecule has 1 N–H and O–H groups in total. The van der Waals surface area contributed by atoms with Crippen molar-refractivity contribution in [1.82, 2.24) is 4.31 Å². The minimum absolute atomic E-state index is 0.00408. The molecular weight excluding hydrogens is 410 g/mol. The van der Waals surface area contributed by atoms with Crippen molar-refractivity contribution in [3.05, 3.63) is 95.6 Å². The maximum atomic E-state index is 13.6. The number of halogens is 2. The predicted octanol–water partition coefficient (Wildman–Crippen LogP) is 4.31. The molecule has 0 saturated carbocycles. The summed E-state index contributed by atoms with van der Waals surface area (Å²) in [7, 11) is -3.99. The van der Waals surface area contributed by atoms with Crippen molar-refractivity contribution in [2.45, 2.75) is 24.9 Å². The maximum absolute atomic E-state index is 13.6. The van der Waals surface area contributed by atoms with Crippen molar-refractivity contribution in [2.75, 3.05) is 5.32 Å². The molecule has 0 aliphatic rings. The second-order valence-electron chi connectivity index (χ2n) is 6.74. The zero-order chi connectivity index (χ0) is 21.7. The van der Waals surface area contributed by atoms with Crippen LogP contribution >= 0.6 is 0 Å². The van der Waals surface area contributed by atoms with Crippen molar-refractivity contribution in [3.63, 3.8) is 0 Å². The standard InChI is InChI=1S/C22H20F2N2O3S/c1-16(27)25-21-8-10-22(11-9-21)30(28,29)26(14-17-4-2-6-19(23)12-17)15-18-5-3-7-20(24)13-18/h2-13H,14-15H2,1H3,(H,25,27). The van der Waals surface area contributed by atoms with E-state index in [9.17, 15) is 22.0 Å². The Morgan fingerprint density at radius 1 is 0.867 bits per heavy atom. The molecule has 0 heterocycles. The molecule has 156 valence electrons. The number of nitrogens with zero attached hydrogens (tertiary/aromatic N) is 1. The van der Waals surface area contributed by atoms with Gasteiger partial charge >= 0.3 is 0 Å². The summed E-state index contributed by atoms with van der Waals surface area (Å²) in [4.78, 5) is 11.2. The molecule has 1 amide bonds. The van der Waals surface area contributed by atoms with E-state index in [-0.39, 0.29) is 23.9 Å². The smallest absolute Gasteiger partial charge is 0.243 e. The minimum Gasteiger partial charge on any atom is -0.326 e. The van der Waals surface area contributed by atoms with Gasteiger partial charge in [0.2, 0.25) is 15.9 Å². The summed E-state index contributed by atoms with van der Waals surface area (Å²) in [6.45, 7) is 1.17. The van der Waals surface area contributed by atoms with Crippen LogP contribution in [0.5, 0.6) is 0 Å². The van der Waals surface area contributed by atoms with Gasteiger partial charge in [0.25, 0.3) is 0 Å². The molecule has 3 aromatic rings. The fourth-order valence-corrected chi connectivity index (χ4v) is 4.38. The summed E-state index contributed by atoms with van der Waals surface area (Å²) in [6, 6.07) is 17.0. The SMILES string of the molecule is CC(=O)Nc1ccc(S(=O)(=O)N(Cc2cccc(F)c2)Cc2cccc(F)c2)cc1. The number of carbonyl (C=O) groups is 1. The summed E-state index contributed by atoms with van der Waals surface area (Å²) in [5, 5.41) is 2.57. The third-order valence-electron chi connectivity index (χ3n) is 4.31. The van der Waals surface area contributed by atoms with E-state index in [2.05, 4.69) is 5.32 Å². The number of nitrogens with one attached hydrogen (secondary N) is 1. The predicted molar refractivity (Wildman–Crippen MR) is 110 cm³/mol. The second kappa shape index (κ2) is 9.15. The number of benzene rings is 3. The number of hydrogen-bond acceptors (Lipinski definition) is 3. The van der Waals surface area contributed by atoms with E-state index in [0.717, 1.165) is 4.31 Å². The number of sulfonamides is 1. The van der Waals surface area contributed by atoms with Crippen molar-refractivity contribution in [1.29, 1.82) is 0 Å². The Balaban J connectivity index is 1.95. The van der Waals surface area contributed by atoms with E-state index in [4.69, 9.17) is 0 Å². The van der Waals surface area contributed by atoms with Gasteiger partial charge in [0, 0.05) is 25.7 Å². The Morgan fingerprint density at radius 3 is 1.80 bits per heavy atom. The summed E-state index contributed by atoms with van der Waals surface area (Å²) in [6.07, 6.45) is 0. The molecule has 0 aliphatic carbocycles. The molecule has 0 aliphatic heterocycles. The van der Waals surface area contributed by atoms with Crippen LogP contribution < -0.4 is 5.32 Å². The van der Waals surface area contributed by atoms with Gasteiger partial charge in [-0.3, -0.25) is 4.79 Å². The fraction of sp³-hybridized carbons (Fsp3) is 0.136. The summed E-state index contributed by atoms with van der Waals surface area (Å²) < 4.78 is 55.0. The van der Waals surface area contributed by atoms with Crippen LogP contribution in [-0.4, -0.2) is 18.6 Å². The van der Waals surface area contributed by atoms with Crippen LogP contribution in [0.4, 0.5) is 14.5 Å². The van der Waals surface area contributed by atoms with Gasteiger partial charge < -0.3 is 5.32 Å². The molecule has 0 fully saturated rings. The highest BCUT2D eigenvalue weighted by Gasteiger charge is 2.25. The Kier molecular flexibility index (Phi) is 6.59. The maximum Gasteiger partial charge on any atom is 0.243 e. The minimum atomic E-state index is -3.99. The van der Waals surface area contributed by atoms with E-state index in [1.165, 1.54) is 67.6 Å². The number of anilines is 1. The van der Waals surface area contributed by atoms with E-state index in [1.807, 2.05) is 0 Å². The first-order valence-corrected chi connectivity index (χ1v) is 10.5. The third kappa shape index (κ3) is 5.49. The van der Waals surface area contributed by atoms with Gasteiger partial charge in [0.05, 0.1) is 4.90 Å². The van der Waals surface area contributed by atoms with E-state index >= 15 is 0 Å². The van der Waals surface area contributed by atoms with Crippen LogP contribution in [-0.2, 0) is 27.9 Å². The summed E-state index contributed by atoms with van der Waals surface area (Å²) in [5.74, 6) is -1.23. The lowest BCUT2D eigenvalue weighted by Gasteiger charge is -2.23. The molecule has 30 heavy (non-hydrogen) atoms. The van der Waals surface area contributed by atoms with Crippen LogP contribution in [0.25, 0.3) is 0 Å². The molecule has 0 bridgehead atoms. The van der Waals surface area contributed by atoms with E-state index in [1.54, 1.807) is 12.1 Å². The van der Waals surface area contributed by atoms with Crippen molar-refractivity contribution in [3.8, 4) is 0 Å². The molecule has 5 nitrogen and oxygen atoms in total. The van der Waals surface area contributed by atoms with Crippen LogP contribution in [0, 0.1) is 11.6 Å². The molecule has 3 rings (SSSR count). The Hall–Kier alpha value is -3.10. The lowest BCUT2D eigenvalue weighted by atomic mass is 10.2. The molecule has 0 atom stereocenters. The first-order chi connectivity index (χ1) is 14.2. The first kappa shape index (κ1) is 21.6. The zero-order valence-corrected chi connectivity index (χ0v) is 17.0. The summed E-state index contributed by atoms with van der Waals surface area (Å²) >= 11 is 0. The van der Waals surface area contributed by atoms with Crippen molar-refractivity contribution in [2.24, 2.45) is 0 Å². The van der Waals surface area contributed by atoms with Crippen LogP contribution in [0.3, 0.4) is 0 Å². The topological polar surface area (TPSA) is 66.5 Å². The molecule has 0 spiro atoms. The monoisotopic (exact) mass is 430 g/mol. The number of rotatable bonds is 7. The fourth-order valence-electron chi connectivity index (χ4n) is 2.97. The average Bonchev–Trinajstić information content (AvgIpc) is 2.67. The highest BCUT2D eigenvalue weighted by molar-refractivity contribution is 7.89.